The number of nitrogens with zero attached hydrogens (tertiary/aromatic N) is 3. The molecule has 100 heavy (non-hydrogen) atoms. The quantitative estimate of drug-likeness (QED) is 0.0768. The molecule has 0 bridgehead atoms. The number of hydrogen-bond donors (Lipinski definition) is 0. The molecule has 0 spiro atoms. The number of rotatable bonds is 10. The first-order valence-electron chi connectivity index (χ1n) is 35.0. The molecule has 3 nitrogen and oxygen atoms in total. The SMILES string of the molecule is CC(C)(C)c1cc2c3c(c1)N(c1c(-c4ccccc4)cc(-c4ccccc4)cc1-c1ccccc1)c1cc(-n4c5ccc6cccc7c8cccc9ccc4c(c98)c5c67)ccc1B3c1ccc(-c3ccccc3)cc1N2c1c(-c2ccccc2)cc(-c2ccccc2)cc1-c1ccccc1. The molecule has 0 amide bonds. The van der Waals surface area contributed by atoms with E-state index in [0.29, 0.717) is 0 Å². The number of hydrogen-bond acceptors (Lipinski definition) is 2. The fraction of sp³-hybridized carbons (Fsp3) is 0.0417. The second-order valence-electron chi connectivity index (χ2n) is 28.3. The summed E-state index contributed by atoms with van der Waals surface area (Å²) < 4.78 is 2.58. The summed E-state index contributed by atoms with van der Waals surface area (Å²) in [6.07, 6.45) is 0. The van der Waals surface area contributed by atoms with E-state index in [2.05, 4.69) is 381 Å². The first-order valence-corrected chi connectivity index (χ1v) is 35.0. The lowest BCUT2D eigenvalue weighted by Gasteiger charge is -2.46. The Kier molecular flexibility index (Phi) is 13.0. The van der Waals surface area contributed by atoms with Gasteiger partial charge < -0.3 is 14.4 Å². The Hall–Kier alpha value is -12.5. The molecule has 4 heteroatoms. The third-order valence-electron chi connectivity index (χ3n) is 21.6. The minimum atomic E-state index is -0.325. The van der Waals surface area contributed by atoms with Crippen LogP contribution in [0.25, 0.3) is 138 Å². The second-order valence-corrected chi connectivity index (χ2v) is 28.3. The maximum atomic E-state index is 2.73. The molecule has 0 saturated carbocycles. The molecule has 0 unspecified atom stereocenters. The van der Waals surface area contributed by atoms with Gasteiger partial charge in [-0.15, -0.1) is 0 Å². The van der Waals surface area contributed by atoms with Crippen LogP contribution < -0.4 is 26.2 Å². The zero-order valence-corrected chi connectivity index (χ0v) is 55.8. The largest absolute Gasteiger partial charge is 0.310 e. The van der Waals surface area contributed by atoms with Gasteiger partial charge in [-0.2, -0.15) is 0 Å². The Labute approximate surface area is 583 Å². The molecule has 2 aliphatic heterocycles. The van der Waals surface area contributed by atoms with Crippen LogP contribution in [0.4, 0.5) is 34.1 Å². The van der Waals surface area contributed by atoms with Gasteiger partial charge in [0.2, 0.25) is 0 Å². The molecule has 0 saturated heterocycles. The first-order chi connectivity index (χ1) is 49.3. The maximum Gasteiger partial charge on any atom is 0.252 e. The Balaban J connectivity index is 0.962. The lowest BCUT2D eigenvalue weighted by atomic mass is 9.33. The van der Waals surface area contributed by atoms with E-state index in [-0.39, 0.29) is 12.1 Å². The van der Waals surface area contributed by atoms with Gasteiger partial charge in [0, 0.05) is 61.5 Å². The first kappa shape index (κ1) is 57.7. The summed E-state index contributed by atoms with van der Waals surface area (Å²) in [5, 5.41) is 10.4. The van der Waals surface area contributed by atoms with Crippen molar-refractivity contribution in [3.63, 3.8) is 0 Å². The summed E-state index contributed by atoms with van der Waals surface area (Å²) in [7, 11) is 0. The maximum absolute atomic E-state index is 2.73. The lowest BCUT2D eigenvalue weighted by molar-refractivity contribution is 0.590. The van der Waals surface area contributed by atoms with Crippen molar-refractivity contribution in [1.29, 1.82) is 0 Å². The summed E-state index contributed by atoms with van der Waals surface area (Å²) in [6, 6.07) is 130. The van der Waals surface area contributed by atoms with Crippen LogP contribution in [0, 0.1) is 0 Å². The molecule has 17 aromatic carbocycles. The third kappa shape index (κ3) is 8.93. The van der Waals surface area contributed by atoms with Gasteiger partial charge in [0.15, 0.2) is 0 Å². The predicted octanol–water partition coefficient (Wildman–Crippen LogP) is 24.2. The van der Waals surface area contributed by atoms with Crippen molar-refractivity contribution in [3.05, 3.63) is 351 Å². The van der Waals surface area contributed by atoms with Gasteiger partial charge in [-0.25, -0.2) is 0 Å². The zero-order chi connectivity index (χ0) is 66.3. The Morgan fingerprint density at radius 2 is 0.620 bits per heavy atom. The lowest BCUT2D eigenvalue weighted by Crippen LogP contribution is -2.61. The van der Waals surface area contributed by atoms with E-state index >= 15 is 0 Å². The van der Waals surface area contributed by atoms with Crippen molar-refractivity contribution in [2.45, 2.75) is 26.2 Å². The minimum absolute atomic E-state index is 0.221. The molecular formula is C96H66BN3. The van der Waals surface area contributed by atoms with Crippen LogP contribution in [0.2, 0.25) is 0 Å². The summed E-state index contributed by atoms with van der Waals surface area (Å²) in [4.78, 5) is 5.43. The minimum Gasteiger partial charge on any atom is -0.310 e. The van der Waals surface area contributed by atoms with Gasteiger partial charge in [0.1, 0.15) is 0 Å². The van der Waals surface area contributed by atoms with E-state index in [9.17, 15) is 0 Å². The number of fused-ring (bicyclic) bond motifs is 5. The van der Waals surface area contributed by atoms with E-state index in [0.717, 1.165) is 107 Å². The third-order valence-corrected chi connectivity index (χ3v) is 21.6. The van der Waals surface area contributed by atoms with Crippen LogP contribution in [0.15, 0.2) is 346 Å². The van der Waals surface area contributed by atoms with Crippen molar-refractivity contribution >= 4 is 111 Å². The standard InChI is InChI=1S/C96H66BN3/c1-96(2,3)73-58-87-93-88(59-73)100(95-79(66-37-21-9-22-38-66)55-72(63-31-15-6-16-32-63)56-80(95)67-39-23-10-24-40-67)86-60-74(98-83-51-46-68-41-25-43-75-76-44-26-42-69-47-52-84(98)92(90(69)76)91(83)89(68)75)48-50-82(86)97(93)81-49-45-70(61-27-11-4-12-28-61)57-85(81)99(87)94-77(64-33-17-7-18-34-64)53-71(62-29-13-5-14-30-62)54-78(94)65-35-19-8-20-36-65/h4-60H,1-3H3. The average Bonchev–Trinajstić information content (AvgIpc) is 1.18. The highest BCUT2D eigenvalue weighted by atomic mass is 15.2. The van der Waals surface area contributed by atoms with E-state index in [1.807, 2.05) is 0 Å². The van der Waals surface area contributed by atoms with E-state index < -0.39 is 0 Å². The fourth-order valence-electron chi connectivity index (χ4n) is 17.0. The van der Waals surface area contributed by atoms with Crippen molar-refractivity contribution in [1.82, 2.24) is 4.57 Å². The van der Waals surface area contributed by atoms with Gasteiger partial charge in [0.25, 0.3) is 6.71 Å². The van der Waals surface area contributed by atoms with Gasteiger partial charge >= 0.3 is 0 Å². The summed E-state index contributed by atoms with van der Waals surface area (Å²) in [6.45, 7) is 6.96. The molecule has 468 valence electrons. The molecule has 0 radical (unpaired) electrons. The van der Waals surface area contributed by atoms with Crippen LogP contribution >= 0.6 is 0 Å². The number of anilines is 6. The fourth-order valence-corrected chi connectivity index (χ4v) is 17.0. The van der Waals surface area contributed by atoms with Gasteiger partial charge in [0.05, 0.1) is 22.4 Å². The molecule has 18 aromatic rings. The highest BCUT2D eigenvalue weighted by molar-refractivity contribution is 7.00. The monoisotopic (exact) mass is 1270 g/mol. The topological polar surface area (TPSA) is 11.4 Å². The highest BCUT2D eigenvalue weighted by Gasteiger charge is 2.46. The van der Waals surface area contributed by atoms with E-state index in [1.54, 1.807) is 0 Å². The summed E-state index contributed by atoms with van der Waals surface area (Å²) in [5.41, 5.74) is 31.1. The molecule has 2 aliphatic rings. The van der Waals surface area contributed by atoms with Crippen molar-refractivity contribution in [3.8, 4) is 83.6 Å². The van der Waals surface area contributed by atoms with Crippen molar-refractivity contribution in [2.24, 2.45) is 0 Å². The van der Waals surface area contributed by atoms with Gasteiger partial charge in [-0.1, -0.05) is 300 Å². The van der Waals surface area contributed by atoms with Crippen LogP contribution in [-0.4, -0.2) is 11.3 Å². The second kappa shape index (κ2) is 22.5. The highest BCUT2D eigenvalue weighted by Crippen LogP contribution is 2.56. The number of aromatic nitrogens is 1. The molecular weight excluding hydrogens is 1210 g/mol. The molecule has 0 aliphatic carbocycles. The smallest absolute Gasteiger partial charge is 0.252 e. The van der Waals surface area contributed by atoms with Crippen LogP contribution in [-0.2, 0) is 5.41 Å². The Morgan fingerprint density at radius 3 is 1.01 bits per heavy atom. The van der Waals surface area contributed by atoms with Gasteiger partial charge in [-0.05, 0) is 182 Å². The molecule has 20 rings (SSSR count). The van der Waals surface area contributed by atoms with Crippen LogP contribution in [0.3, 0.4) is 0 Å². The molecule has 0 fully saturated rings. The summed E-state index contributed by atoms with van der Waals surface area (Å²) >= 11 is 0. The Bertz CT molecular complexity index is 6000. The van der Waals surface area contributed by atoms with Crippen molar-refractivity contribution in [2.75, 3.05) is 9.80 Å². The summed E-state index contributed by atoms with van der Waals surface area (Å²) in [5.74, 6) is 0. The van der Waals surface area contributed by atoms with Gasteiger partial charge in [-0.3, -0.25) is 0 Å². The molecule has 0 atom stereocenters. The van der Waals surface area contributed by atoms with Crippen molar-refractivity contribution < 1.29 is 0 Å². The normalized spacial score (nSPS) is 12.7. The molecule has 1 aromatic heterocycles. The van der Waals surface area contributed by atoms with E-state index in [1.165, 1.54) is 87.2 Å². The Morgan fingerprint density at radius 1 is 0.260 bits per heavy atom. The van der Waals surface area contributed by atoms with E-state index in [4.69, 9.17) is 0 Å². The molecule has 0 N–H and O–H groups in total. The van der Waals surface area contributed by atoms with Crippen LogP contribution in [0.1, 0.15) is 26.3 Å². The zero-order valence-electron chi connectivity index (χ0n) is 55.8. The van der Waals surface area contributed by atoms with Crippen LogP contribution in [0.5, 0.6) is 0 Å². The number of benzene rings is 17. The predicted molar refractivity (Wildman–Crippen MR) is 426 cm³/mol. The molecule has 3 heterocycles. The average molecular weight is 1270 g/mol.